The fourth-order valence-electron chi connectivity index (χ4n) is 4.40. The molecule has 0 aromatic heterocycles. The Morgan fingerprint density at radius 3 is 2.24 bits per heavy atom. The summed E-state index contributed by atoms with van der Waals surface area (Å²) in [5.41, 5.74) is 0.308. The molecule has 1 aliphatic rings. The lowest BCUT2D eigenvalue weighted by Crippen LogP contribution is -2.18. The zero-order valence-electron chi connectivity index (χ0n) is 20.8. The van der Waals surface area contributed by atoms with Gasteiger partial charge in [0, 0.05) is 6.07 Å². The van der Waals surface area contributed by atoms with Gasteiger partial charge < -0.3 is 24.1 Å². The van der Waals surface area contributed by atoms with Crippen LogP contribution < -0.4 is 18.9 Å². The Kier molecular flexibility index (Phi) is 8.23. The minimum atomic E-state index is -4.12. The van der Waals surface area contributed by atoms with Crippen molar-refractivity contribution in [1.29, 1.82) is 0 Å². The molecule has 0 aliphatic heterocycles. The first-order chi connectivity index (χ1) is 17.8. The van der Waals surface area contributed by atoms with Crippen LogP contribution in [0.25, 0.3) is 0 Å². The molecule has 1 unspecified atom stereocenters. The van der Waals surface area contributed by atoms with E-state index in [4.69, 9.17) is 18.9 Å². The van der Waals surface area contributed by atoms with E-state index in [-0.39, 0.29) is 11.0 Å². The SMILES string of the molecule is COc1ccc(Oc2cccc(C(CC(=O)O)S(=O)(=O)c3ccc(OC)c(OC4CCCC4)c3)c2)cc1. The molecule has 0 bridgehead atoms. The molecule has 1 saturated carbocycles. The Balaban J connectivity index is 1.66. The average molecular weight is 527 g/mol. The molecule has 1 atom stereocenters. The maximum absolute atomic E-state index is 13.8. The third-order valence-corrected chi connectivity index (χ3v) is 8.42. The lowest BCUT2D eigenvalue weighted by molar-refractivity contribution is -0.137. The zero-order valence-corrected chi connectivity index (χ0v) is 21.6. The van der Waals surface area contributed by atoms with E-state index in [2.05, 4.69) is 0 Å². The van der Waals surface area contributed by atoms with Crippen LogP contribution in [0.2, 0.25) is 0 Å². The van der Waals surface area contributed by atoms with Crippen LogP contribution >= 0.6 is 0 Å². The summed E-state index contributed by atoms with van der Waals surface area (Å²) in [6.07, 6.45) is 3.28. The van der Waals surface area contributed by atoms with E-state index in [1.165, 1.54) is 25.3 Å². The molecule has 1 fully saturated rings. The third-order valence-electron chi connectivity index (χ3n) is 6.32. The van der Waals surface area contributed by atoms with Crippen molar-refractivity contribution >= 4 is 15.8 Å². The van der Waals surface area contributed by atoms with Crippen LogP contribution in [-0.2, 0) is 14.6 Å². The number of carboxylic acids is 1. The fraction of sp³-hybridized carbons (Fsp3) is 0.321. The summed E-state index contributed by atoms with van der Waals surface area (Å²) in [6.45, 7) is 0. The smallest absolute Gasteiger partial charge is 0.305 e. The quantitative estimate of drug-likeness (QED) is 0.334. The van der Waals surface area contributed by atoms with Gasteiger partial charge in [-0.1, -0.05) is 12.1 Å². The van der Waals surface area contributed by atoms with Gasteiger partial charge in [-0.15, -0.1) is 0 Å². The monoisotopic (exact) mass is 526 g/mol. The average Bonchev–Trinajstić information content (AvgIpc) is 3.41. The van der Waals surface area contributed by atoms with Crippen LogP contribution in [0, 0.1) is 0 Å². The molecular formula is C28H30O8S. The highest BCUT2D eigenvalue weighted by Gasteiger charge is 2.33. The minimum absolute atomic E-state index is 0.00606. The van der Waals surface area contributed by atoms with Crippen LogP contribution in [0.4, 0.5) is 0 Å². The van der Waals surface area contributed by atoms with Crippen LogP contribution in [-0.4, -0.2) is 39.8 Å². The van der Waals surface area contributed by atoms with Gasteiger partial charge in [-0.25, -0.2) is 8.42 Å². The van der Waals surface area contributed by atoms with Crippen LogP contribution in [0.1, 0.15) is 42.9 Å². The van der Waals surface area contributed by atoms with Gasteiger partial charge in [-0.05, 0) is 79.8 Å². The van der Waals surface area contributed by atoms with Crippen molar-refractivity contribution in [3.8, 4) is 28.7 Å². The predicted molar refractivity (Wildman–Crippen MR) is 138 cm³/mol. The molecule has 9 heteroatoms. The Hall–Kier alpha value is -3.72. The Morgan fingerprint density at radius 1 is 0.892 bits per heavy atom. The number of rotatable bonds is 11. The lowest BCUT2D eigenvalue weighted by atomic mass is 10.1. The number of carbonyl (C=O) groups is 1. The minimum Gasteiger partial charge on any atom is -0.497 e. The van der Waals surface area contributed by atoms with Gasteiger partial charge in [-0.3, -0.25) is 4.79 Å². The van der Waals surface area contributed by atoms with Gasteiger partial charge in [-0.2, -0.15) is 0 Å². The second kappa shape index (κ2) is 11.6. The molecule has 0 heterocycles. The number of ether oxygens (including phenoxy) is 4. The standard InChI is InChI=1S/C28H30O8S/c1-33-20-10-12-22(13-11-20)35-23-9-5-6-19(16-23)27(18-28(29)30)37(31,32)24-14-15-25(34-2)26(17-24)36-21-7-3-4-8-21/h5-6,9-17,21,27H,3-4,7-8,18H2,1-2H3,(H,29,30). The number of benzene rings is 3. The highest BCUT2D eigenvalue weighted by atomic mass is 32.2. The van der Waals surface area contributed by atoms with Gasteiger partial charge in [0.2, 0.25) is 0 Å². The molecule has 4 rings (SSSR count). The molecule has 1 aliphatic carbocycles. The first kappa shape index (κ1) is 26.3. The van der Waals surface area contributed by atoms with Gasteiger partial charge in [0.15, 0.2) is 21.3 Å². The van der Waals surface area contributed by atoms with E-state index in [1.54, 1.807) is 55.6 Å². The van der Waals surface area contributed by atoms with Crippen molar-refractivity contribution in [2.24, 2.45) is 0 Å². The maximum atomic E-state index is 13.8. The highest BCUT2D eigenvalue weighted by Crippen LogP contribution is 2.39. The third kappa shape index (κ3) is 6.35. The van der Waals surface area contributed by atoms with Gasteiger partial charge in [0.1, 0.15) is 22.5 Å². The number of methoxy groups -OCH3 is 2. The zero-order chi connectivity index (χ0) is 26.4. The molecule has 196 valence electrons. The molecule has 8 nitrogen and oxygen atoms in total. The van der Waals surface area contributed by atoms with E-state index in [9.17, 15) is 18.3 Å². The van der Waals surface area contributed by atoms with Crippen molar-refractivity contribution in [2.75, 3.05) is 14.2 Å². The van der Waals surface area contributed by atoms with Crippen LogP contribution in [0.3, 0.4) is 0 Å². The molecule has 37 heavy (non-hydrogen) atoms. The summed E-state index contributed by atoms with van der Waals surface area (Å²) in [7, 11) is -1.06. The van der Waals surface area contributed by atoms with Crippen LogP contribution in [0.5, 0.6) is 28.7 Å². The number of carboxylic acid groups (broad SMARTS) is 1. The highest BCUT2D eigenvalue weighted by molar-refractivity contribution is 7.91. The van der Waals surface area contributed by atoms with E-state index < -0.39 is 27.5 Å². The first-order valence-electron chi connectivity index (χ1n) is 12.0. The number of hydrogen-bond donors (Lipinski definition) is 1. The van der Waals surface area contributed by atoms with Crippen molar-refractivity contribution in [1.82, 2.24) is 0 Å². The van der Waals surface area contributed by atoms with E-state index in [0.29, 0.717) is 34.3 Å². The molecule has 0 radical (unpaired) electrons. The summed E-state index contributed by atoms with van der Waals surface area (Å²) in [5.74, 6) is 1.11. The number of sulfone groups is 1. The second-order valence-corrected chi connectivity index (χ2v) is 10.9. The van der Waals surface area contributed by atoms with Crippen molar-refractivity contribution in [2.45, 2.75) is 48.4 Å². The van der Waals surface area contributed by atoms with E-state index in [1.807, 2.05) is 0 Å². The van der Waals surface area contributed by atoms with Gasteiger partial charge in [0.25, 0.3) is 0 Å². The van der Waals surface area contributed by atoms with Crippen molar-refractivity contribution < 1.29 is 37.3 Å². The van der Waals surface area contributed by atoms with Crippen LogP contribution in [0.15, 0.2) is 71.6 Å². The van der Waals surface area contributed by atoms with E-state index in [0.717, 1.165) is 25.7 Å². The number of aliphatic carboxylic acids is 1. The van der Waals surface area contributed by atoms with Crippen molar-refractivity contribution in [3.63, 3.8) is 0 Å². The topological polar surface area (TPSA) is 108 Å². The van der Waals surface area contributed by atoms with E-state index >= 15 is 0 Å². The molecule has 0 spiro atoms. The Labute approximate surface area is 216 Å². The van der Waals surface area contributed by atoms with Gasteiger partial charge >= 0.3 is 5.97 Å². The second-order valence-electron chi connectivity index (χ2n) is 8.82. The number of hydrogen-bond acceptors (Lipinski definition) is 7. The molecule has 3 aromatic rings. The lowest BCUT2D eigenvalue weighted by Gasteiger charge is -2.20. The fourth-order valence-corrected chi connectivity index (χ4v) is 6.12. The molecule has 0 amide bonds. The largest absolute Gasteiger partial charge is 0.497 e. The van der Waals surface area contributed by atoms with Gasteiger partial charge in [0.05, 0.1) is 31.6 Å². The predicted octanol–water partition coefficient (Wildman–Crippen LogP) is 5.81. The molecule has 0 saturated heterocycles. The first-order valence-corrected chi connectivity index (χ1v) is 13.6. The maximum Gasteiger partial charge on any atom is 0.305 e. The molecule has 3 aromatic carbocycles. The van der Waals surface area contributed by atoms with Crippen molar-refractivity contribution in [3.05, 3.63) is 72.3 Å². The summed E-state index contributed by atoms with van der Waals surface area (Å²) in [6, 6.07) is 17.8. The summed E-state index contributed by atoms with van der Waals surface area (Å²) < 4.78 is 50.0. The molecular weight excluding hydrogens is 496 g/mol. The molecule has 1 N–H and O–H groups in total. The summed E-state index contributed by atoms with van der Waals surface area (Å²) >= 11 is 0. The Bertz CT molecular complexity index is 1330. The summed E-state index contributed by atoms with van der Waals surface area (Å²) in [4.78, 5) is 11.7. The normalized spacial score (nSPS) is 14.6. The Morgan fingerprint density at radius 2 is 1.59 bits per heavy atom. The summed E-state index contributed by atoms with van der Waals surface area (Å²) in [5, 5.41) is 8.25.